The summed E-state index contributed by atoms with van der Waals surface area (Å²) in [5.41, 5.74) is 5.67. The number of fused-ring (bicyclic) bond motifs is 1. The fourth-order valence-electron chi connectivity index (χ4n) is 2.86. The van der Waals surface area contributed by atoms with Crippen LogP contribution in [0.5, 0.6) is 5.75 Å². The highest BCUT2D eigenvalue weighted by molar-refractivity contribution is 5.71. The van der Waals surface area contributed by atoms with E-state index < -0.39 is 0 Å². The average Bonchev–Trinajstić information content (AvgIpc) is 2.55. The van der Waals surface area contributed by atoms with Crippen molar-refractivity contribution >= 4 is 5.57 Å². The lowest BCUT2D eigenvalue weighted by molar-refractivity contribution is 0.384. The number of aryl methyl sites for hydroxylation is 1. The lowest BCUT2D eigenvalue weighted by Crippen LogP contribution is -2.06. The fourth-order valence-corrected chi connectivity index (χ4v) is 2.86. The molecule has 0 atom stereocenters. The molecule has 0 saturated heterocycles. The predicted octanol–water partition coefficient (Wildman–Crippen LogP) is 4.58. The van der Waals surface area contributed by atoms with E-state index in [1.54, 1.807) is 6.07 Å². The molecule has 2 heteroatoms. The van der Waals surface area contributed by atoms with Gasteiger partial charge in [-0.25, -0.2) is 4.39 Å². The number of benzene rings is 2. The summed E-state index contributed by atoms with van der Waals surface area (Å²) in [5.74, 6) is 0.115. The van der Waals surface area contributed by atoms with Crippen molar-refractivity contribution in [1.29, 1.82) is 0 Å². The van der Waals surface area contributed by atoms with E-state index in [4.69, 9.17) is 4.74 Å². The van der Waals surface area contributed by atoms with Gasteiger partial charge in [0, 0.05) is 0 Å². The van der Waals surface area contributed by atoms with Gasteiger partial charge in [0.05, 0.1) is 7.11 Å². The highest BCUT2D eigenvalue weighted by Crippen LogP contribution is 2.32. The summed E-state index contributed by atoms with van der Waals surface area (Å²) in [4.78, 5) is 0. The van der Waals surface area contributed by atoms with E-state index in [1.165, 1.54) is 23.8 Å². The molecule has 2 aromatic carbocycles. The van der Waals surface area contributed by atoms with Gasteiger partial charge in [0.1, 0.15) is 0 Å². The van der Waals surface area contributed by atoms with Crippen molar-refractivity contribution in [3.05, 3.63) is 70.5 Å². The molecule has 21 heavy (non-hydrogen) atoms. The molecule has 0 aliphatic heterocycles. The van der Waals surface area contributed by atoms with Crippen LogP contribution >= 0.6 is 0 Å². The smallest absolute Gasteiger partial charge is 0.168 e. The monoisotopic (exact) mass is 282 g/mol. The molecule has 3 rings (SSSR count). The van der Waals surface area contributed by atoms with Gasteiger partial charge in [0.25, 0.3) is 0 Å². The fraction of sp³-hybridized carbons (Fsp3) is 0.263. The number of halogens is 1. The average molecular weight is 282 g/mol. The molecule has 2 aromatic rings. The topological polar surface area (TPSA) is 9.23 Å². The molecule has 1 aliphatic carbocycles. The van der Waals surface area contributed by atoms with Gasteiger partial charge >= 0.3 is 0 Å². The van der Waals surface area contributed by atoms with Gasteiger partial charge in [0.15, 0.2) is 11.6 Å². The number of methoxy groups -OCH3 is 1. The lowest BCUT2D eigenvalue weighted by Gasteiger charge is -2.19. The van der Waals surface area contributed by atoms with Crippen LogP contribution in [0.3, 0.4) is 0 Å². The van der Waals surface area contributed by atoms with Gasteiger partial charge in [-0.1, -0.05) is 43.3 Å². The second kappa shape index (κ2) is 5.72. The Morgan fingerprint density at radius 3 is 2.52 bits per heavy atom. The Bertz CT molecular complexity index is 683. The molecule has 0 spiro atoms. The van der Waals surface area contributed by atoms with Crippen LogP contribution in [0, 0.1) is 5.82 Å². The van der Waals surface area contributed by atoms with Gasteiger partial charge in [-0.15, -0.1) is 0 Å². The van der Waals surface area contributed by atoms with Gasteiger partial charge < -0.3 is 4.74 Å². The normalized spacial score (nSPS) is 13.6. The summed E-state index contributed by atoms with van der Waals surface area (Å²) >= 11 is 0. The number of hydrogen-bond donors (Lipinski definition) is 0. The summed E-state index contributed by atoms with van der Waals surface area (Å²) in [6.45, 7) is 2.15. The standard InChI is InChI=1S/C19H19FO/c1-3-13-4-6-14(7-5-13)15-8-10-17-16(12-15)9-11-18(21-2)19(17)20/h4-9,11H,3,10,12H2,1-2H3. The van der Waals surface area contributed by atoms with Crippen LogP contribution in [0.15, 0.2) is 42.5 Å². The number of allylic oxidation sites excluding steroid dienone is 2. The Morgan fingerprint density at radius 2 is 1.86 bits per heavy atom. The van der Waals surface area contributed by atoms with Crippen LogP contribution in [0.1, 0.15) is 29.2 Å². The van der Waals surface area contributed by atoms with Crippen LogP contribution in [-0.4, -0.2) is 7.11 Å². The molecule has 0 radical (unpaired) electrons. The summed E-state index contributed by atoms with van der Waals surface area (Å²) in [6.07, 6.45) is 4.59. The molecule has 0 amide bonds. The van der Waals surface area contributed by atoms with Crippen LogP contribution in [0.2, 0.25) is 0 Å². The van der Waals surface area contributed by atoms with E-state index in [9.17, 15) is 4.39 Å². The zero-order valence-electron chi connectivity index (χ0n) is 12.4. The molecule has 1 nitrogen and oxygen atoms in total. The molecule has 0 unspecified atom stereocenters. The molecular formula is C19H19FO. The summed E-state index contributed by atoms with van der Waals surface area (Å²) < 4.78 is 19.3. The third-order valence-corrected chi connectivity index (χ3v) is 4.19. The van der Waals surface area contributed by atoms with E-state index in [-0.39, 0.29) is 5.82 Å². The Hall–Kier alpha value is -2.09. The van der Waals surface area contributed by atoms with Gasteiger partial charge in [-0.3, -0.25) is 0 Å². The third-order valence-electron chi connectivity index (χ3n) is 4.19. The van der Waals surface area contributed by atoms with E-state index in [1.807, 2.05) is 6.07 Å². The predicted molar refractivity (Wildman–Crippen MR) is 84.2 cm³/mol. The third kappa shape index (κ3) is 2.58. The molecule has 0 aromatic heterocycles. The number of rotatable bonds is 3. The minimum atomic E-state index is -0.216. The first kappa shape index (κ1) is 13.9. The molecule has 0 bridgehead atoms. The molecule has 0 heterocycles. The minimum Gasteiger partial charge on any atom is -0.494 e. The first-order valence-corrected chi connectivity index (χ1v) is 7.35. The number of ether oxygens (including phenoxy) is 1. The van der Waals surface area contributed by atoms with Crippen molar-refractivity contribution in [3.63, 3.8) is 0 Å². The van der Waals surface area contributed by atoms with Crippen LogP contribution < -0.4 is 4.74 Å². The Morgan fingerprint density at radius 1 is 1.10 bits per heavy atom. The molecule has 0 saturated carbocycles. The Kier molecular flexibility index (Phi) is 3.78. The zero-order valence-corrected chi connectivity index (χ0v) is 12.4. The highest BCUT2D eigenvalue weighted by atomic mass is 19.1. The summed E-state index contributed by atoms with van der Waals surface area (Å²) in [7, 11) is 1.50. The lowest BCUT2D eigenvalue weighted by atomic mass is 9.87. The quantitative estimate of drug-likeness (QED) is 0.800. The number of hydrogen-bond acceptors (Lipinski definition) is 1. The molecule has 0 N–H and O–H groups in total. The first-order valence-electron chi connectivity index (χ1n) is 7.35. The second-order valence-corrected chi connectivity index (χ2v) is 5.38. The van der Waals surface area contributed by atoms with Crippen molar-refractivity contribution in [2.24, 2.45) is 0 Å². The molecular weight excluding hydrogens is 263 g/mol. The maximum Gasteiger partial charge on any atom is 0.168 e. The molecule has 0 fully saturated rings. The van der Waals surface area contributed by atoms with Crippen LogP contribution in [0.25, 0.3) is 5.57 Å². The maximum absolute atomic E-state index is 14.2. The molecule has 108 valence electrons. The van der Waals surface area contributed by atoms with Gasteiger partial charge in [-0.05, 0) is 53.2 Å². The van der Waals surface area contributed by atoms with Crippen molar-refractivity contribution in [1.82, 2.24) is 0 Å². The van der Waals surface area contributed by atoms with Crippen molar-refractivity contribution in [2.45, 2.75) is 26.2 Å². The van der Waals surface area contributed by atoms with Crippen LogP contribution in [-0.2, 0) is 19.3 Å². The SMILES string of the molecule is CCc1ccc(C2=CCc3c(ccc(OC)c3F)C2)cc1. The van der Waals surface area contributed by atoms with Gasteiger partial charge in [0.2, 0.25) is 0 Å². The van der Waals surface area contributed by atoms with E-state index in [2.05, 4.69) is 37.3 Å². The van der Waals surface area contributed by atoms with Gasteiger partial charge in [-0.2, -0.15) is 0 Å². The highest BCUT2D eigenvalue weighted by Gasteiger charge is 2.18. The zero-order chi connectivity index (χ0) is 14.8. The first-order chi connectivity index (χ1) is 10.2. The van der Waals surface area contributed by atoms with E-state index in [0.717, 1.165) is 24.0 Å². The van der Waals surface area contributed by atoms with E-state index in [0.29, 0.717) is 12.2 Å². The Labute approximate surface area is 125 Å². The molecule has 1 aliphatic rings. The second-order valence-electron chi connectivity index (χ2n) is 5.38. The van der Waals surface area contributed by atoms with Crippen LogP contribution in [0.4, 0.5) is 4.39 Å². The summed E-state index contributed by atoms with van der Waals surface area (Å²) in [6, 6.07) is 12.4. The Balaban J connectivity index is 1.90. The summed E-state index contributed by atoms with van der Waals surface area (Å²) in [5, 5.41) is 0. The maximum atomic E-state index is 14.2. The van der Waals surface area contributed by atoms with Crippen molar-refractivity contribution in [3.8, 4) is 5.75 Å². The minimum absolute atomic E-state index is 0.216. The largest absolute Gasteiger partial charge is 0.494 e. The van der Waals surface area contributed by atoms with E-state index >= 15 is 0 Å². The van der Waals surface area contributed by atoms with Crippen molar-refractivity contribution in [2.75, 3.05) is 7.11 Å². The van der Waals surface area contributed by atoms with Crippen molar-refractivity contribution < 1.29 is 9.13 Å².